The van der Waals surface area contributed by atoms with E-state index in [1.165, 1.54) is 0 Å². The van der Waals surface area contributed by atoms with E-state index >= 15 is 0 Å². The van der Waals surface area contributed by atoms with Gasteiger partial charge in [-0.25, -0.2) is 9.78 Å². The number of hydrogen-bond donors (Lipinski definition) is 2. The lowest BCUT2D eigenvalue weighted by Crippen LogP contribution is -2.33. The van der Waals surface area contributed by atoms with Gasteiger partial charge in [0, 0.05) is 13.1 Å². The number of benzene rings is 1. The smallest absolute Gasteiger partial charge is 0.407 e. The summed E-state index contributed by atoms with van der Waals surface area (Å²) in [6.45, 7) is 9.13. The Bertz CT molecular complexity index is 703. The van der Waals surface area contributed by atoms with Crippen molar-refractivity contribution in [2.24, 2.45) is 5.73 Å². The van der Waals surface area contributed by atoms with Gasteiger partial charge in [0.2, 0.25) is 0 Å². The van der Waals surface area contributed by atoms with Gasteiger partial charge in [-0.1, -0.05) is 19.1 Å². The zero-order chi connectivity index (χ0) is 18.4. The minimum absolute atomic E-state index is 0.153. The molecule has 2 rings (SSSR count). The van der Waals surface area contributed by atoms with Gasteiger partial charge < -0.3 is 20.4 Å². The van der Waals surface area contributed by atoms with Crippen LogP contribution in [0.4, 0.5) is 4.79 Å². The molecular weight excluding hydrogens is 316 g/mol. The Morgan fingerprint density at radius 2 is 2.08 bits per heavy atom. The molecule has 0 saturated heterocycles. The van der Waals surface area contributed by atoms with E-state index in [-0.39, 0.29) is 12.1 Å². The second kappa shape index (κ2) is 8.34. The van der Waals surface area contributed by atoms with Crippen LogP contribution in [0.1, 0.15) is 58.8 Å². The normalized spacial score (nSPS) is 13.0. The van der Waals surface area contributed by atoms with Gasteiger partial charge in [0.25, 0.3) is 0 Å². The summed E-state index contributed by atoms with van der Waals surface area (Å²) in [6.07, 6.45) is 2.16. The second-order valence-corrected chi connectivity index (χ2v) is 7.29. The number of alkyl carbamates (subject to hydrolysis) is 1. The van der Waals surface area contributed by atoms with Crippen LogP contribution in [0, 0.1) is 0 Å². The second-order valence-electron chi connectivity index (χ2n) is 7.29. The molecule has 0 spiro atoms. The number of hydrogen-bond acceptors (Lipinski definition) is 4. The number of aryl methyl sites for hydroxylation is 1. The van der Waals surface area contributed by atoms with Gasteiger partial charge in [-0.15, -0.1) is 0 Å². The van der Waals surface area contributed by atoms with Gasteiger partial charge in [0.05, 0.1) is 17.1 Å². The van der Waals surface area contributed by atoms with E-state index in [1.54, 1.807) is 0 Å². The molecule has 25 heavy (non-hydrogen) atoms. The van der Waals surface area contributed by atoms with Crippen LogP contribution >= 0.6 is 0 Å². The van der Waals surface area contributed by atoms with E-state index in [9.17, 15) is 4.79 Å². The minimum atomic E-state index is -0.481. The number of carbonyl (C=O) groups excluding carboxylic acids is 1. The van der Waals surface area contributed by atoms with Crippen LogP contribution in [0.25, 0.3) is 11.0 Å². The first kappa shape index (κ1) is 19.2. The Labute approximate surface area is 149 Å². The van der Waals surface area contributed by atoms with Gasteiger partial charge in [-0.05, 0) is 52.2 Å². The number of rotatable bonds is 7. The molecule has 0 aliphatic carbocycles. The number of aromatic nitrogens is 2. The maximum atomic E-state index is 11.6. The number of fused-ring (bicyclic) bond motifs is 1. The monoisotopic (exact) mass is 346 g/mol. The van der Waals surface area contributed by atoms with Crippen LogP contribution in [-0.2, 0) is 11.3 Å². The average molecular weight is 346 g/mol. The van der Waals surface area contributed by atoms with Crippen molar-refractivity contribution >= 4 is 17.1 Å². The average Bonchev–Trinajstić information content (AvgIpc) is 2.89. The van der Waals surface area contributed by atoms with Crippen molar-refractivity contribution in [3.8, 4) is 0 Å². The summed E-state index contributed by atoms with van der Waals surface area (Å²) < 4.78 is 7.43. The van der Waals surface area contributed by atoms with E-state index in [4.69, 9.17) is 15.5 Å². The zero-order valence-corrected chi connectivity index (χ0v) is 15.7. The fraction of sp³-hybridized carbons (Fsp3) is 0.579. The first-order chi connectivity index (χ1) is 11.8. The molecule has 1 aromatic carbocycles. The third-order valence-electron chi connectivity index (χ3n) is 3.82. The van der Waals surface area contributed by atoms with E-state index in [0.717, 1.165) is 42.7 Å². The Hall–Kier alpha value is -2.08. The number of ether oxygens (including phenoxy) is 1. The molecule has 1 aromatic heterocycles. The largest absolute Gasteiger partial charge is 0.444 e. The van der Waals surface area contributed by atoms with Crippen LogP contribution in [0.3, 0.4) is 0 Å². The molecule has 0 aliphatic rings. The predicted molar refractivity (Wildman–Crippen MR) is 100 cm³/mol. The van der Waals surface area contributed by atoms with Crippen molar-refractivity contribution in [3.05, 3.63) is 30.1 Å². The van der Waals surface area contributed by atoms with Crippen molar-refractivity contribution in [2.75, 3.05) is 6.54 Å². The molecular formula is C19H30N4O2. The molecule has 0 bridgehead atoms. The highest BCUT2D eigenvalue weighted by Crippen LogP contribution is 2.22. The van der Waals surface area contributed by atoms with Gasteiger partial charge in [0.15, 0.2) is 0 Å². The molecule has 0 unspecified atom stereocenters. The fourth-order valence-corrected chi connectivity index (χ4v) is 2.79. The number of amides is 1. The molecule has 1 atom stereocenters. The molecule has 138 valence electrons. The van der Waals surface area contributed by atoms with E-state index < -0.39 is 5.60 Å². The number of nitrogens with one attached hydrogen (secondary N) is 1. The lowest BCUT2D eigenvalue weighted by atomic mass is 10.1. The highest BCUT2D eigenvalue weighted by atomic mass is 16.6. The fourth-order valence-electron chi connectivity index (χ4n) is 2.79. The first-order valence-corrected chi connectivity index (χ1v) is 8.99. The van der Waals surface area contributed by atoms with Crippen LogP contribution in [0.5, 0.6) is 0 Å². The van der Waals surface area contributed by atoms with Crippen molar-refractivity contribution in [1.29, 1.82) is 0 Å². The topological polar surface area (TPSA) is 82.2 Å². The molecule has 2 aromatic rings. The third-order valence-corrected chi connectivity index (χ3v) is 3.82. The molecule has 1 amide bonds. The molecule has 0 radical (unpaired) electrons. The maximum absolute atomic E-state index is 11.6. The van der Waals surface area contributed by atoms with Crippen molar-refractivity contribution in [1.82, 2.24) is 14.9 Å². The molecule has 0 fully saturated rings. The highest BCUT2D eigenvalue weighted by molar-refractivity contribution is 5.76. The number of carbonyl (C=O) groups is 1. The Balaban J connectivity index is 1.93. The van der Waals surface area contributed by atoms with E-state index in [0.29, 0.717) is 6.54 Å². The molecule has 6 nitrogen and oxygen atoms in total. The summed E-state index contributed by atoms with van der Waals surface area (Å²) in [7, 11) is 0. The Morgan fingerprint density at radius 3 is 2.76 bits per heavy atom. The summed E-state index contributed by atoms with van der Waals surface area (Å²) in [5.41, 5.74) is 8.01. The minimum Gasteiger partial charge on any atom is -0.444 e. The summed E-state index contributed by atoms with van der Waals surface area (Å²) in [4.78, 5) is 16.4. The van der Waals surface area contributed by atoms with Gasteiger partial charge >= 0.3 is 6.09 Å². The molecule has 0 saturated carbocycles. The molecule has 1 heterocycles. The summed E-state index contributed by atoms with van der Waals surface area (Å²) in [5.74, 6) is 0.917. The van der Waals surface area contributed by atoms with Crippen molar-refractivity contribution < 1.29 is 9.53 Å². The van der Waals surface area contributed by atoms with Gasteiger partial charge in [-0.3, -0.25) is 0 Å². The van der Waals surface area contributed by atoms with Crippen LogP contribution in [0.2, 0.25) is 0 Å². The van der Waals surface area contributed by atoms with Crippen LogP contribution in [-0.4, -0.2) is 27.8 Å². The van der Waals surface area contributed by atoms with Gasteiger partial charge in [0.1, 0.15) is 11.4 Å². The summed E-state index contributed by atoms with van der Waals surface area (Å²) >= 11 is 0. The standard InChI is InChI=1S/C19H30N4O2/c1-5-13-23-16-11-7-6-10-15(16)22-17(23)14(20)9-8-12-21-18(24)25-19(2,3)4/h6-7,10-11,14H,5,8-9,12-13,20H2,1-4H3,(H,21,24)/t14-/m0/s1. The zero-order valence-electron chi connectivity index (χ0n) is 15.7. The Morgan fingerprint density at radius 1 is 1.36 bits per heavy atom. The predicted octanol–water partition coefficient (Wildman–Crippen LogP) is 3.75. The Kier molecular flexibility index (Phi) is 6.42. The van der Waals surface area contributed by atoms with Crippen LogP contribution in [0.15, 0.2) is 24.3 Å². The highest BCUT2D eigenvalue weighted by Gasteiger charge is 2.18. The van der Waals surface area contributed by atoms with Crippen molar-refractivity contribution in [2.45, 2.75) is 65.1 Å². The third kappa shape index (κ3) is 5.46. The summed E-state index contributed by atoms with van der Waals surface area (Å²) in [5, 5.41) is 2.77. The van der Waals surface area contributed by atoms with E-state index in [1.807, 2.05) is 39.0 Å². The molecule has 3 N–H and O–H groups in total. The van der Waals surface area contributed by atoms with Crippen molar-refractivity contribution in [3.63, 3.8) is 0 Å². The van der Waals surface area contributed by atoms with E-state index in [2.05, 4.69) is 22.9 Å². The lowest BCUT2D eigenvalue weighted by molar-refractivity contribution is 0.0526. The SMILES string of the molecule is CCCn1c([C@@H](N)CCCNC(=O)OC(C)(C)C)nc2ccccc21. The number of nitrogens with two attached hydrogens (primary N) is 1. The summed E-state index contributed by atoms with van der Waals surface area (Å²) in [6, 6.07) is 7.96. The number of nitrogens with zero attached hydrogens (tertiary/aromatic N) is 2. The van der Waals surface area contributed by atoms with Gasteiger partial charge in [-0.2, -0.15) is 0 Å². The molecule has 6 heteroatoms. The lowest BCUT2D eigenvalue weighted by Gasteiger charge is -2.20. The first-order valence-electron chi connectivity index (χ1n) is 8.99. The quantitative estimate of drug-likeness (QED) is 0.748. The maximum Gasteiger partial charge on any atom is 0.407 e. The van der Waals surface area contributed by atoms with Crippen LogP contribution < -0.4 is 11.1 Å². The molecule has 0 aliphatic heterocycles. The number of para-hydroxylation sites is 2. The number of imidazole rings is 1.